The van der Waals surface area contributed by atoms with Crippen LogP contribution >= 0.6 is 0 Å². The monoisotopic (exact) mass is 314 g/mol. The van der Waals surface area contributed by atoms with Crippen LogP contribution in [0, 0.1) is 0 Å². The molecule has 122 valence electrons. The minimum absolute atomic E-state index is 0.276. The molecule has 0 radical (unpaired) electrons. The molecule has 1 unspecified atom stereocenters. The van der Waals surface area contributed by atoms with E-state index in [0.29, 0.717) is 0 Å². The summed E-state index contributed by atoms with van der Waals surface area (Å²) in [4.78, 5) is 38.8. The number of hydrogen-bond acceptors (Lipinski definition) is 8. The summed E-state index contributed by atoms with van der Waals surface area (Å²) < 4.78 is 16.0. The maximum Gasteiger partial charge on any atom is 0.506 e. The lowest BCUT2D eigenvalue weighted by Gasteiger charge is -2.08. The smallest absolute Gasteiger partial charge is 0.450 e. The average molecular weight is 314 g/mol. The molecule has 0 aromatic heterocycles. The highest BCUT2D eigenvalue weighted by atomic mass is 16.7. The molecular weight excluding hydrogens is 300 g/mol. The molecule has 0 aromatic rings. The van der Waals surface area contributed by atoms with Crippen molar-refractivity contribution in [1.29, 1.82) is 0 Å². The number of carboxylic acid groups (broad SMARTS) is 4. The van der Waals surface area contributed by atoms with Gasteiger partial charge < -0.3 is 39.4 Å². The van der Waals surface area contributed by atoms with Gasteiger partial charge >= 0.3 is 24.6 Å². The molecular formula is C9H14O12. The fraction of sp³-hybridized carbons (Fsp3) is 0.556. The molecule has 0 saturated heterocycles. The van der Waals surface area contributed by atoms with Gasteiger partial charge in [0.1, 0.15) is 25.9 Å². The van der Waals surface area contributed by atoms with E-state index in [4.69, 9.17) is 20.4 Å². The summed E-state index contributed by atoms with van der Waals surface area (Å²) in [5.74, 6) is 0. The molecule has 0 aliphatic heterocycles. The quantitative estimate of drug-likeness (QED) is 0.311. The second-order valence-electron chi connectivity index (χ2n) is 3.00. The van der Waals surface area contributed by atoms with E-state index in [2.05, 4.69) is 18.9 Å². The number of ether oxygens (including phenoxy) is 4. The SMILES string of the molecule is CC(COC(=O)O)OC(=O)O.O=C(O)OCCOC(=O)O. The van der Waals surface area contributed by atoms with Gasteiger partial charge in [0.05, 0.1) is 0 Å². The van der Waals surface area contributed by atoms with Crippen molar-refractivity contribution in [2.45, 2.75) is 13.0 Å². The number of carbonyl (C=O) groups is 4. The van der Waals surface area contributed by atoms with Crippen LogP contribution in [0.25, 0.3) is 0 Å². The van der Waals surface area contributed by atoms with Gasteiger partial charge in [0.15, 0.2) is 0 Å². The van der Waals surface area contributed by atoms with Crippen LogP contribution in [0.2, 0.25) is 0 Å². The van der Waals surface area contributed by atoms with Crippen molar-refractivity contribution < 1.29 is 58.6 Å². The Labute approximate surface area is 117 Å². The maximum absolute atomic E-state index is 9.83. The predicted octanol–water partition coefficient (Wildman–Crippen LogP) is 1.14. The summed E-state index contributed by atoms with van der Waals surface area (Å²) in [6, 6.07) is 0. The predicted molar refractivity (Wildman–Crippen MR) is 60.5 cm³/mol. The van der Waals surface area contributed by atoms with Crippen LogP contribution in [0.1, 0.15) is 6.92 Å². The molecule has 0 heterocycles. The Morgan fingerprint density at radius 3 is 1.43 bits per heavy atom. The molecule has 12 heteroatoms. The molecule has 0 fully saturated rings. The molecule has 1 atom stereocenters. The van der Waals surface area contributed by atoms with Crippen molar-refractivity contribution in [3.8, 4) is 0 Å². The zero-order valence-corrected chi connectivity index (χ0v) is 10.8. The molecule has 0 amide bonds. The second kappa shape index (κ2) is 12.1. The normalized spacial score (nSPS) is 10.1. The van der Waals surface area contributed by atoms with Gasteiger partial charge in [-0.3, -0.25) is 0 Å². The molecule has 0 spiro atoms. The topological polar surface area (TPSA) is 186 Å². The van der Waals surface area contributed by atoms with Crippen molar-refractivity contribution in [2.24, 2.45) is 0 Å². The molecule has 0 bridgehead atoms. The first-order valence-electron chi connectivity index (χ1n) is 5.11. The Hall–Kier alpha value is -2.92. The van der Waals surface area contributed by atoms with Crippen LogP contribution in [0.3, 0.4) is 0 Å². The molecule has 0 aliphatic carbocycles. The van der Waals surface area contributed by atoms with Crippen LogP contribution in [0.5, 0.6) is 0 Å². The fourth-order valence-corrected chi connectivity index (χ4v) is 0.653. The van der Waals surface area contributed by atoms with E-state index in [1.54, 1.807) is 0 Å². The largest absolute Gasteiger partial charge is 0.506 e. The van der Waals surface area contributed by atoms with E-state index in [1.807, 2.05) is 0 Å². The highest BCUT2D eigenvalue weighted by Gasteiger charge is 2.09. The van der Waals surface area contributed by atoms with Gasteiger partial charge in [0.25, 0.3) is 0 Å². The highest BCUT2D eigenvalue weighted by Crippen LogP contribution is 1.92. The molecule has 0 saturated carbocycles. The van der Waals surface area contributed by atoms with Crippen molar-refractivity contribution in [2.75, 3.05) is 19.8 Å². The third-order valence-electron chi connectivity index (χ3n) is 1.28. The van der Waals surface area contributed by atoms with Gasteiger partial charge in [0, 0.05) is 0 Å². The summed E-state index contributed by atoms with van der Waals surface area (Å²) in [5, 5.41) is 31.7. The van der Waals surface area contributed by atoms with E-state index in [1.165, 1.54) is 6.92 Å². The standard InChI is InChI=1S/C5H8O6.C4H6O6/c1-3(11-5(8)9)2-10-4(6)7;5-3(6)9-1-2-10-4(7)8/h3H,2H2,1H3,(H,6,7)(H,8,9);1-2H2,(H,5,6)(H,7,8). The Morgan fingerprint density at radius 1 is 0.762 bits per heavy atom. The van der Waals surface area contributed by atoms with Crippen molar-refractivity contribution in [3.05, 3.63) is 0 Å². The summed E-state index contributed by atoms with van der Waals surface area (Å²) >= 11 is 0. The number of hydrogen-bond donors (Lipinski definition) is 4. The van der Waals surface area contributed by atoms with E-state index < -0.39 is 30.7 Å². The highest BCUT2D eigenvalue weighted by molar-refractivity contribution is 5.58. The molecule has 12 nitrogen and oxygen atoms in total. The van der Waals surface area contributed by atoms with Gasteiger partial charge in [-0.2, -0.15) is 0 Å². The van der Waals surface area contributed by atoms with Crippen LogP contribution in [-0.4, -0.2) is 71.0 Å². The third-order valence-corrected chi connectivity index (χ3v) is 1.28. The molecule has 0 rings (SSSR count). The first-order chi connectivity index (χ1) is 9.65. The molecule has 0 aromatic carbocycles. The minimum atomic E-state index is -1.45. The Kier molecular flexibility index (Phi) is 11.8. The summed E-state index contributed by atoms with van der Waals surface area (Å²) in [5.41, 5.74) is 0. The lowest BCUT2D eigenvalue weighted by atomic mass is 10.4. The maximum atomic E-state index is 9.83. The van der Waals surface area contributed by atoms with E-state index >= 15 is 0 Å². The third kappa shape index (κ3) is 22.7. The van der Waals surface area contributed by atoms with Crippen molar-refractivity contribution >= 4 is 24.6 Å². The zero-order valence-electron chi connectivity index (χ0n) is 10.8. The Morgan fingerprint density at radius 2 is 1.14 bits per heavy atom. The Balaban J connectivity index is 0. The molecule has 21 heavy (non-hydrogen) atoms. The van der Waals surface area contributed by atoms with Crippen LogP contribution < -0.4 is 0 Å². The lowest BCUT2D eigenvalue weighted by Crippen LogP contribution is -2.20. The van der Waals surface area contributed by atoms with Crippen LogP contribution in [-0.2, 0) is 18.9 Å². The summed E-state index contributed by atoms with van der Waals surface area (Å²) in [6.07, 6.45) is -6.58. The summed E-state index contributed by atoms with van der Waals surface area (Å²) in [7, 11) is 0. The van der Waals surface area contributed by atoms with E-state index in [-0.39, 0.29) is 19.8 Å². The average Bonchev–Trinajstić information content (AvgIpc) is 2.32. The zero-order chi connectivity index (χ0) is 16.8. The van der Waals surface area contributed by atoms with Gasteiger partial charge in [0.2, 0.25) is 0 Å². The second-order valence-corrected chi connectivity index (χ2v) is 3.00. The van der Waals surface area contributed by atoms with E-state index in [0.717, 1.165) is 0 Å². The van der Waals surface area contributed by atoms with Crippen molar-refractivity contribution in [3.63, 3.8) is 0 Å². The first-order valence-corrected chi connectivity index (χ1v) is 5.11. The fourth-order valence-electron chi connectivity index (χ4n) is 0.653. The minimum Gasteiger partial charge on any atom is -0.450 e. The lowest BCUT2D eigenvalue weighted by molar-refractivity contribution is 0.0122. The van der Waals surface area contributed by atoms with Gasteiger partial charge in [-0.05, 0) is 6.92 Å². The Bertz CT molecular complexity index is 335. The van der Waals surface area contributed by atoms with Gasteiger partial charge in [-0.1, -0.05) is 0 Å². The first kappa shape index (κ1) is 20.4. The van der Waals surface area contributed by atoms with Gasteiger partial charge in [-0.15, -0.1) is 0 Å². The van der Waals surface area contributed by atoms with Crippen LogP contribution in [0.4, 0.5) is 19.2 Å². The van der Waals surface area contributed by atoms with Gasteiger partial charge in [-0.25, -0.2) is 19.2 Å². The number of rotatable bonds is 6. The van der Waals surface area contributed by atoms with Crippen LogP contribution in [0.15, 0.2) is 0 Å². The molecule has 4 N–H and O–H groups in total. The summed E-state index contributed by atoms with van der Waals surface area (Å²) in [6.45, 7) is 0.544. The van der Waals surface area contributed by atoms with E-state index in [9.17, 15) is 19.2 Å². The molecule has 0 aliphatic rings. The van der Waals surface area contributed by atoms with Crippen molar-refractivity contribution in [1.82, 2.24) is 0 Å².